The Kier molecular flexibility index (Phi) is 3.83. The van der Waals surface area contributed by atoms with Crippen LogP contribution >= 0.6 is 11.3 Å². The highest BCUT2D eigenvalue weighted by Crippen LogP contribution is 2.32. The molecule has 1 saturated heterocycles. The van der Waals surface area contributed by atoms with Crippen LogP contribution in [0.3, 0.4) is 0 Å². The Hall–Kier alpha value is -3.33. The second-order valence-electron chi connectivity index (χ2n) is 6.73. The molecular formula is C19H15N5O3S. The number of nitrogens with zero attached hydrogens (tertiary/aromatic N) is 4. The van der Waals surface area contributed by atoms with Crippen LogP contribution in [0.1, 0.15) is 28.8 Å². The number of benzene rings is 1. The minimum atomic E-state index is -0.636. The summed E-state index contributed by atoms with van der Waals surface area (Å²) in [5.41, 5.74) is 2.88. The third-order valence-electron chi connectivity index (χ3n) is 5.07. The molecule has 1 N–H and O–H groups in total. The lowest BCUT2D eigenvalue weighted by Crippen LogP contribution is -2.52. The molecule has 3 amide bonds. The van der Waals surface area contributed by atoms with Crippen molar-refractivity contribution in [3.05, 3.63) is 53.0 Å². The van der Waals surface area contributed by atoms with Crippen molar-refractivity contribution in [1.82, 2.24) is 25.2 Å². The van der Waals surface area contributed by atoms with Crippen LogP contribution in [-0.2, 0) is 16.1 Å². The Morgan fingerprint density at radius 1 is 1.14 bits per heavy atom. The van der Waals surface area contributed by atoms with Gasteiger partial charge < -0.3 is 4.90 Å². The first kappa shape index (κ1) is 16.8. The van der Waals surface area contributed by atoms with Crippen LogP contribution in [-0.4, -0.2) is 43.7 Å². The number of amides is 3. The fourth-order valence-corrected chi connectivity index (χ4v) is 4.38. The van der Waals surface area contributed by atoms with Gasteiger partial charge in [0.05, 0.1) is 16.8 Å². The summed E-state index contributed by atoms with van der Waals surface area (Å²) in [7, 11) is 0. The Morgan fingerprint density at radius 2 is 2.04 bits per heavy atom. The van der Waals surface area contributed by atoms with Gasteiger partial charge in [0.25, 0.3) is 5.91 Å². The predicted octanol–water partition coefficient (Wildman–Crippen LogP) is 1.76. The summed E-state index contributed by atoms with van der Waals surface area (Å²) in [4.78, 5) is 39.1. The number of hydrogen-bond donors (Lipinski definition) is 1. The first-order chi connectivity index (χ1) is 13.6. The molecule has 5 rings (SSSR count). The smallest absolute Gasteiger partial charge is 0.255 e. The lowest BCUT2D eigenvalue weighted by molar-refractivity contribution is -0.136. The molecule has 28 heavy (non-hydrogen) atoms. The third-order valence-corrected chi connectivity index (χ3v) is 5.96. The summed E-state index contributed by atoms with van der Waals surface area (Å²) in [5, 5.41) is 12.8. The van der Waals surface area contributed by atoms with Crippen molar-refractivity contribution >= 4 is 29.1 Å². The van der Waals surface area contributed by atoms with Crippen LogP contribution < -0.4 is 5.32 Å². The van der Waals surface area contributed by atoms with Crippen LogP contribution in [0.15, 0.2) is 41.9 Å². The molecule has 2 aliphatic rings. The summed E-state index contributed by atoms with van der Waals surface area (Å²) in [6.07, 6.45) is 2.41. The van der Waals surface area contributed by atoms with Crippen LogP contribution in [0.25, 0.3) is 16.3 Å². The maximum Gasteiger partial charge on any atom is 0.255 e. The van der Waals surface area contributed by atoms with Gasteiger partial charge in [-0.05, 0) is 30.0 Å². The molecular weight excluding hydrogens is 378 g/mol. The zero-order valence-electron chi connectivity index (χ0n) is 14.7. The largest absolute Gasteiger partial charge is 0.322 e. The molecule has 4 heterocycles. The maximum atomic E-state index is 12.9. The van der Waals surface area contributed by atoms with E-state index < -0.39 is 11.9 Å². The second-order valence-corrected chi connectivity index (χ2v) is 7.68. The van der Waals surface area contributed by atoms with E-state index in [0.29, 0.717) is 18.5 Å². The van der Waals surface area contributed by atoms with E-state index in [0.717, 1.165) is 21.8 Å². The maximum absolute atomic E-state index is 12.9. The van der Waals surface area contributed by atoms with E-state index in [1.54, 1.807) is 28.2 Å². The number of aromatic nitrogens is 3. The van der Waals surface area contributed by atoms with Gasteiger partial charge in [-0.15, -0.1) is 16.4 Å². The molecule has 1 atom stereocenters. The van der Waals surface area contributed by atoms with Gasteiger partial charge in [-0.25, -0.2) is 4.68 Å². The molecule has 1 fully saturated rings. The van der Waals surface area contributed by atoms with Gasteiger partial charge in [-0.2, -0.15) is 0 Å². The number of carbonyl (C=O) groups excluding carboxylic acids is 3. The Balaban J connectivity index is 1.49. The molecule has 0 radical (unpaired) electrons. The average molecular weight is 393 g/mol. The second kappa shape index (κ2) is 6.38. The van der Waals surface area contributed by atoms with Crippen LogP contribution in [0.4, 0.5) is 0 Å². The first-order valence-electron chi connectivity index (χ1n) is 8.85. The van der Waals surface area contributed by atoms with Crippen LogP contribution in [0.2, 0.25) is 0 Å². The van der Waals surface area contributed by atoms with Crippen molar-refractivity contribution in [2.75, 3.05) is 0 Å². The molecule has 0 spiro atoms. The fourth-order valence-electron chi connectivity index (χ4n) is 3.70. The minimum absolute atomic E-state index is 0.204. The molecule has 2 aromatic heterocycles. The van der Waals surface area contributed by atoms with Gasteiger partial charge in [-0.1, -0.05) is 17.3 Å². The lowest BCUT2D eigenvalue weighted by Gasteiger charge is -2.29. The standard InChI is InChI=1S/C19H15N5O3S/c25-17-7-6-15(18(26)20-17)23-9-12-11(19(23)27)3-1-4-14(12)24-10-13(21-22-24)16-5-2-8-28-16/h1-5,8,10,15H,6-7,9H2,(H,20,25,26). The summed E-state index contributed by atoms with van der Waals surface area (Å²) in [5.74, 6) is -0.917. The number of hydrogen-bond acceptors (Lipinski definition) is 6. The molecule has 140 valence electrons. The lowest BCUT2D eigenvalue weighted by atomic mass is 10.0. The molecule has 0 saturated carbocycles. The van der Waals surface area contributed by atoms with Gasteiger partial charge in [-0.3, -0.25) is 19.7 Å². The van der Waals surface area contributed by atoms with Crippen molar-refractivity contribution in [2.24, 2.45) is 0 Å². The average Bonchev–Trinajstić information content (AvgIpc) is 3.42. The van der Waals surface area contributed by atoms with Crippen molar-refractivity contribution in [3.63, 3.8) is 0 Å². The summed E-state index contributed by atoms with van der Waals surface area (Å²) in [6, 6.07) is 8.73. The van der Waals surface area contributed by atoms with E-state index in [9.17, 15) is 14.4 Å². The van der Waals surface area contributed by atoms with E-state index in [1.807, 2.05) is 29.8 Å². The molecule has 0 bridgehead atoms. The Morgan fingerprint density at radius 3 is 2.82 bits per heavy atom. The number of piperidine rings is 1. The van der Waals surface area contributed by atoms with E-state index in [2.05, 4.69) is 15.6 Å². The number of fused-ring (bicyclic) bond motifs is 1. The molecule has 3 aromatic rings. The number of nitrogens with one attached hydrogen (secondary N) is 1. The van der Waals surface area contributed by atoms with E-state index in [1.165, 1.54) is 4.90 Å². The van der Waals surface area contributed by atoms with E-state index >= 15 is 0 Å². The van der Waals surface area contributed by atoms with Crippen LogP contribution in [0, 0.1) is 0 Å². The summed E-state index contributed by atoms with van der Waals surface area (Å²) < 4.78 is 1.66. The number of rotatable bonds is 3. The van der Waals surface area contributed by atoms with E-state index in [4.69, 9.17) is 0 Å². The summed E-state index contributed by atoms with van der Waals surface area (Å²) >= 11 is 1.58. The van der Waals surface area contributed by atoms with Crippen LogP contribution in [0.5, 0.6) is 0 Å². The van der Waals surface area contributed by atoms with Crippen molar-refractivity contribution in [2.45, 2.75) is 25.4 Å². The normalized spacial score (nSPS) is 19.1. The first-order valence-corrected chi connectivity index (χ1v) is 9.73. The zero-order chi connectivity index (χ0) is 19.3. The fraction of sp³-hybridized carbons (Fsp3) is 0.211. The van der Waals surface area contributed by atoms with Crippen molar-refractivity contribution in [3.8, 4) is 16.3 Å². The third kappa shape index (κ3) is 2.63. The quantitative estimate of drug-likeness (QED) is 0.684. The Labute approximate surface area is 163 Å². The molecule has 0 aliphatic carbocycles. The van der Waals surface area contributed by atoms with Gasteiger partial charge in [0.1, 0.15) is 11.7 Å². The van der Waals surface area contributed by atoms with Crippen molar-refractivity contribution < 1.29 is 14.4 Å². The zero-order valence-corrected chi connectivity index (χ0v) is 15.5. The minimum Gasteiger partial charge on any atom is -0.322 e. The van der Waals surface area contributed by atoms with Crippen molar-refractivity contribution in [1.29, 1.82) is 0 Å². The number of thiophene rings is 1. The number of imide groups is 1. The van der Waals surface area contributed by atoms with Gasteiger partial charge in [0.15, 0.2) is 0 Å². The topological polar surface area (TPSA) is 97.2 Å². The number of carbonyl (C=O) groups is 3. The highest BCUT2D eigenvalue weighted by Gasteiger charge is 2.40. The predicted molar refractivity (Wildman–Crippen MR) is 101 cm³/mol. The highest BCUT2D eigenvalue weighted by molar-refractivity contribution is 7.13. The van der Waals surface area contributed by atoms with Gasteiger partial charge >= 0.3 is 0 Å². The molecule has 8 nitrogen and oxygen atoms in total. The monoisotopic (exact) mass is 393 g/mol. The molecule has 9 heteroatoms. The molecule has 1 aromatic carbocycles. The Bertz CT molecular complexity index is 1100. The van der Waals surface area contributed by atoms with Gasteiger partial charge in [0, 0.05) is 24.1 Å². The summed E-state index contributed by atoms with van der Waals surface area (Å²) in [6.45, 7) is 0.296. The molecule has 2 aliphatic heterocycles. The molecule has 1 unspecified atom stereocenters. The van der Waals surface area contributed by atoms with Gasteiger partial charge in [0.2, 0.25) is 11.8 Å². The van der Waals surface area contributed by atoms with E-state index in [-0.39, 0.29) is 18.2 Å². The SMILES string of the molecule is O=C1CCC(N2Cc3c(cccc3-n3cc(-c4cccs4)nn3)C2=O)C(=O)N1. The highest BCUT2D eigenvalue weighted by atomic mass is 32.1.